The summed E-state index contributed by atoms with van der Waals surface area (Å²) in [5.74, 6) is 0.728. The Balaban J connectivity index is 1.27. The number of hydrogen-bond acceptors (Lipinski definition) is 5. The number of fused-ring (bicyclic) bond motifs is 1. The molecule has 0 bridgehead atoms. The first-order valence-corrected chi connectivity index (χ1v) is 12.9. The van der Waals surface area contributed by atoms with Crippen LogP contribution >= 0.6 is 0 Å². The lowest BCUT2D eigenvalue weighted by atomic mass is 9.97. The van der Waals surface area contributed by atoms with Crippen molar-refractivity contribution in [1.29, 1.82) is 0 Å². The molecule has 3 aromatic rings. The Morgan fingerprint density at radius 3 is 2.69 bits per heavy atom. The number of rotatable bonds is 7. The van der Waals surface area contributed by atoms with E-state index < -0.39 is 0 Å². The molecule has 6 rings (SSSR count). The Labute approximate surface area is 207 Å². The second-order valence-electron chi connectivity index (χ2n) is 10.5. The summed E-state index contributed by atoms with van der Waals surface area (Å²) in [6, 6.07) is 14.9. The van der Waals surface area contributed by atoms with Gasteiger partial charge in [-0.3, -0.25) is 14.7 Å². The molecule has 1 unspecified atom stereocenters. The minimum atomic E-state index is -0.341. The molecule has 2 aliphatic heterocycles. The standard InChI is InChI=1S/C29H34N4O2/c1-20-7-8-23(35-19-21-9-15-32(21)2)18-25(20)28(34)31-29(10-11-29)26-16-22(33-13-3-4-14-33)17-27-24(26)6-5-12-30-27/h5-8,12,16-18,21H,3-4,9-11,13-15,19H2,1-2H3,(H,31,34). The van der Waals surface area contributed by atoms with Crippen LogP contribution in [0.2, 0.25) is 0 Å². The highest BCUT2D eigenvalue weighted by atomic mass is 16.5. The van der Waals surface area contributed by atoms with Crippen LogP contribution in [-0.2, 0) is 5.54 Å². The molecule has 6 heteroatoms. The second kappa shape index (κ2) is 8.83. The zero-order valence-corrected chi connectivity index (χ0v) is 20.7. The lowest BCUT2D eigenvalue weighted by molar-refractivity contribution is 0.0767. The number of nitrogens with zero attached hydrogens (tertiary/aromatic N) is 3. The fourth-order valence-corrected chi connectivity index (χ4v) is 5.50. The highest BCUT2D eigenvalue weighted by molar-refractivity contribution is 5.97. The fraction of sp³-hybridized carbons (Fsp3) is 0.448. The molecule has 1 aromatic heterocycles. The first kappa shape index (κ1) is 22.4. The molecule has 1 saturated carbocycles. The van der Waals surface area contributed by atoms with E-state index in [4.69, 9.17) is 4.74 Å². The minimum Gasteiger partial charge on any atom is -0.492 e. The third-order valence-corrected chi connectivity index (χ3v) is 8.13. The average Bonchev–Trinajstić information content (AvgIpc) is 3.42. The third kappa shape index (κ3) is 4.25. The Kier molecular flexibility index (Phi) is 5.64. The highest BCUT2D eigenvalue weighted by Gasteiger charge is 2.47. The molecule has 1 atom stereocenters. The van der Waals surface area contributed by atoms with Gasteiger partial charge in [0.1, 0.15) is 12.4 Å². The molecule has 3 fully saturated rings. The van der Waals surface area contributed by atoms with E-state index in [2.05, 4.69) is 45.3 Å². The first-order valence-electron chi connectivity index (χ1n) is 12.9. The summed E-state index contributed by atoms with van der Waals surface area (Å²) in [6.07, 6.45) is 7.36. The van der Waals surface area contributed by atoms with Gasteiger partial charge in [0.2, 0.25) is 0 Å². The molecular weight excluding hydrogens is 436 g/mol. The summed E-state index contributed by atoms with van der Waals surface area (Å²) >= 11 is 0. The van der Waals surface area contributed by atoms with Crippen molar-refractivity contribution in [3.8, 4) is 5.75 Å². The lowest BCUT2D eigenvalue weighted by Crippen LogP contribution is -2.48. The van der Waals surface area contributed by atoms with Gasteiger partial charge in [-0.2, -0.15) is 0 Å². The predicted molar refractivity (Wildman–Crippen MR) is 139 cm³/mol. The number of carbonyl (C=O) groups excluding carboxylic acids is 1. The number of aromatic nitrogens is 1. The van der Waals surface area contributed by atoms with Gasteiger partial charge < -0.3 is 15.0 Å². The van der Waals surface area contributed by atoms with Gasteiger partial charge in [0, 0.05) is 42.0 Å². The Hall–Kier alpha value is -3.12. The third-order valence-electron chi connectivity index (χ3n) is 8.13. The maximum Gasteiger partial charge on any atom is 0.252 e. The van der Waals surface area contributed by atoms with Crippen LogP contribution in [-0.4, -0.2) is 55.1 Å². The molecule has 182 valence electrons. The zero-order valence-electron chi connectivity index (χ0n) is 20.7. The van der Waals surface area contributed by atoms with E-state index in [1.807, 2.05) is 37.4 Å². The van der Waals surface area contributed by atoms with Crippen molar-refractivity contribution in [2.75, 3.05) is 38.2 Å². The fourth-order valence-electron chi connectivity index (χ4n) is 5.50. The SMILES string of the molecule is Cc1ccc(OCC2CCN2C)cc1C(=O)NC1(c2cc(N3CCCC3)cc3ncccc23)CC1. The second-order valence-corrected chi connectivity index (χ2v) is 10.5. The number of nitrogens with one attached hydrogen (secondary N) is 1. The summed E-state index contributed by atoms with van der Waals surface area (Å²) in [7, 11) is 2.12. The molecule has 3 aliphatic rings. The largest absolute Gasteiger partial charge is 0.492 e. The minimum absolute atomic E-state index is 0.0326. The van der Waals surface area contributed by atoms with Crippen LogP contribution in [0.4, 0.5) is 5.69 Å². The smallest absolute Gasteiger partial charge is 0.252 e. The molecule has 1 N–H and O–H groups in total. The summed E-state index contributed by atoms with van der Waals surface area (Å²) in [5.41, 5.74) is 4.72. The van der Waals surface area contributed by atoms with Crippen LogP contribution in [0, 0.1) is 6.92 Å². The molecule has 1 amide bonds. The molecule has 2 aromatic carbocycles. The maximum atomic E-state index is 13.6. The maximum absolute atomic E-state index is 13.6. The average molecular weight is 471 g/mol. The van der Waals surface area contributed by atoms with Crippen LogP contribution in [0.3, 0.4) is 0 Å². The molecule has 2 saturated heterocycles. The Morgan fingerprint density at radius 1 is 1.14 bits per heavy atom. The van der Waals surface area contributed by atoms with Gasteiger partial charge in [-0.25, -0.2) is 0 Å². The quantitative estimate of drug-likeness (QED) is 0.545. The van der Waals surface area contributed by atoms with Gasteiger partial charge in [0.25, 0.3) is 5.91 Å². The van der Waals surface area contributed by atoms with Crippen LogP contribution in [0.5, 0.6) is 5.75 Å². The van der Waals surface area contributed by atoms with Gasteiger partial charge in [-0.05, 0) is 94.1 Å². The number of pyridine rings is 1. The summed E-state index contributed by atoms with van der Waals surface area (Å²) in [4.78, 5) is 23.0. The summed E-state index contributed by atoms with van der Waals surface area (Å²) < 4.78 is 6.05. The number of aryl methyl sites for hydroxylation is 1. The molecule has 0 spiro atoms. The van der Waals surface area contributed by atoms with E-state index >= 15 is 0 Å². The van der Waals surface area contributed by atoms with Crippen molar-refractivity contribution < 1.29 is 9.53 Å². The highest BCUT2D eigenvalue weighted by Crippen LogP contribution is 2.49. The Morgan fingerprint density at radius 2 is 1.97 bits per heavy atom. The zero-order chi connectivity index (χ0) is 24.0. The van der Waals surface area contributed by atoms with Crippen molar-refractivity contribution in [2.45, 2.75) is 50.6 Å². The summed E-state index contributed by atoms with van der Waals surface area (Å²) in [5, 5.41) is 4.55. The number of likely N-dealkylation sites (N-methyl/N-ethyl adjacent to an activating group) is 1. The number of likely N-dealkylation sites (tertiary alicyclic amines) is 1. The van der Waals surface area contributed by atoms with Crippen molar-refractivity contribution in [3.05, 3.63) is 65.4 Å². The molecular formula is C29H34N4O2. The van der Waals surface area contributed by atoms with E-state index in [-0.39, 0.29) is 11.4 Å². The van der Waals surface area contributed by atoms with Crippen molar-refractivity contribution in [2.24, 2.45) is 0 Å². The molecule has 0 radical (unpaired) electrons. The van der Waals surface area contributed by atoms with Crippen molar-refractivity contribution >= 4 is 22.5 Å². The van der Waals surface area contributed by atoms with E-state index in [9.17, 15) is 4.79 Å². The van der Waals surface area contributed by atoms with Gasteiger partial charge in [0.15, 0.2) is 0 Å². The summed E-state index contributed by atoms with van der Waals surface area (Å²) in [6.45, 7) is 5.94. The van der Waals surface area contributed by atoms with Crippen LogP contribution in [0.15, 0.2) is 48.7 Å². The van der Waals surface area contributed by atoms with E-state index in [1.165, 1.54) is 24.1 Å². The van der Waals surface area contributed by atoms with E-state index in [0.29, 0.717) is 18.2 Å². The topological polar surface area (TPSA) is 57.7 Å². The van der Waals surface area contributed by atoms with Crippen LogP contribution < -0.4 is 15.0 Å². The number of amides is 1. The molecule has 35 heavy (non-hydrogen) atoms. The molecule has 1 aliphatic carbocycles. The van der Waals surface area contributed by atoms with Gasteiger partial charge in [-0.1, -0.05) is 12.1 Å². The van der Waals surface area contributed by atoms with Gasteiger partial charge in [0.05, 0.1) is 11.1 Å². The van der Waals surface area contributed by atoms with Gasteiger partial charge >= 0.3 is 0 Å². The predicted octanol–water partition coefficient (Wildman–Crippen LogP) is 4.65. The number of ether oxygens (including phenoxy) is 1. The lowest BCUT2D eigenvalue weighted by Gasteiger charge is -2.37. The van der Waals surface area contributed by atoms with Gasteiger partial charge in [-0.15, -0.1) is 0 Å². The van der Waals surface area contributed by atoms with Crippen molar-refractivity contribution in [3.63, 3.8) is 0 Å². The number of anilines is 1. The normalized spacial score (nSPS) is 21.1. The Bertz CT molecular complexity index is 1260. The van der Waals surface area contributed by atoms with Crippen LogP contribution in [0.1, 0.15) is 53.6 Å². The molecule has 3 heterocycles. The van der Waals surface area contributed by atoms with Crippen molar-refractivity contribution in [1.82, 2.24) is 15.2 Å². The monoisotopic (exact) mass is 470 g/mol. The number of carbonyl (C=O) groups is 1. The van der Waals surface area contributed by atoms with Crippen LogP contribution in [0.25, 0.3) is 10.9 Å². The van der Waals surface area contributed by atoms with E-state index in [0.717, 1.165) is 61.1 Å². The number of hydrogen-bond donors (Lipinski definition) is 1. The molecule has 6 nitrogen and oxygen atoms in total. The van der Waals surface area contributed by atoms with E-state index in [1.54, 1.807) is 0 Å². The number of benzene rings is 2. The first-order chi connectivity index (χ1) is 17.0.